The molecule has 0 heterocycles. The van der Waals surface area contributed by atoms with Crippen LogP contribution in [-0.4, -0.2) is 24.7 Å². The Kier molecular flexibility index (Phi) is 11.7. The number of methoxy groups -OCH3 is 1. The normalized spacial score (nSPS) is 10.2. The van der Waals surface area contributed by atoms with Gasteiger partial charge in [0.15, 0.2) is 0 Å². The highest BCUT2D eigenvalue weighted by Gasteiger charge is 2.00. The third-order valence-corrected chi connectivity index (χ3v) is 5.19. The molecule has 0 amide bonds. The highest BCUT2D eigenvalue weighted by molar-refractivity contribution is 5.70. The lowest BCUT2D eigenvalue weighted by Crippen LogP contribution is -2.03. The SMILES string of the molecule is COc1ccc(CC#CCCCCCCCCCNc2ccc(CC(=O)O)cc2)cc1. The Balaban J connectivity index is 1.41. The van der Waals surface area contributed by atoms with E-state index in [1.54, 1.807) is 7.11 Å². The van der Waals surface area contributed by atoms with Crippen LogP contribution in [0.1, 0.15) is 62.5 Å². The molecule has 4 heteroatoms. The van der Waals surface area contributed by atoms with Crippen LogP contribution in [0.25, 0.3) is 0 Å². The summed E-state index contributed by atoms with van der Waals surface area (Å²) in [5, 5.41) is 12.2. The first-order chi connectivity index (χ1) is 15.2. The number of carboxylic acids is 1. The number of aliphatic carboxylic acids is 1. The van der Waals surface area contributed by atoms with Gasteiger partial charge in [-0.3, -0.25) is 4.79 Å². The smallest absolute Gasteiger partial charge is 0.307 e. The van der Waals surface area contributed by atoms with Crippen LogP contribution in [0, 0.1) is 11.8 Å². The monoisotopic (exact) mass is 421 g/mol. The van der Waals surface area contributed by atoms with E-state index in [0.29, 0.717) is 0 Å². The molecule has 0 spiro atoms. The number of carbonyl (C=O) groups is 1. The predicted molar refractivity (Wildman–Crippen MR) is 128 cm³/mol. The number of unbranched alkanes of at least 4 members (excludes halogenated alkanes) is 7. The van der Waals surface area contributed by atoms with Crippen LogP contribution in [0.4, 0.5) is 5.69 Å². The van der Waals surface area contributed by atoms with E-state index in [2.05, 4.69) is 29.3 Å². The van der Waals surface area contributed by atoms with Gasteiger partial charge in [-0.25, -0.2) is 0 Å². The number of rotatable bonds is 14. The van der Waals surface area contributed by atoms with Crippen molar-refractivity contribution in [2.45, 2.75) is 64.2 Å². The van der Waals surface area contributed by atoms with E-state index < -0.39 is 5.97 Å². The van der Waals surface area contributed by atoms with Crippen molar-refractivity contribution in [3.8, 4) is 17.6 Å². The van der Waals surface area contributed by atoms with Gasteiger partial charge in [-0.15, -0.1) is 5.92 Å². The molecule has 0 bridgehead atoms. The minimum Gasteiger partial charge on any atom is -0.497 e. The van der Waals surface area contributed by atoms with E-state index in [1.165, 1.54) is 44.1 Å². The molecule has 0 saturated heterocycles. The molecule has 0 aliphatic carbocycles. The third kappa shape index (κ3) is 11.1. The minimum absolute atomic E-state index is 0.0799. The lowest BCUT2D eigenvalue weighted by atomic mass is 10.1. The maximum atomic E-state index is 10.7. The van der Waals surface area contributed by atoms with E-state index >= 15 is 0 Å². The van der Waals surface area contributed by atoms with Crippen molar-refractivity contribution in [3.63, 3.8) is 0 Å². The molecular weight excluding hydrogens is 386 g/mol. The fourth-order valence-electron chi connectivity index (χ4n) is 3.37. The van der Waals surface area contributed by atoms with Gasteiger partial charge in [0.2, 0.25) is 0 Å². The van der Waals surface area contributed by atoms with Crippen molar-refractivity contribution in [2.24, 2.45) is 0 Å². The van der Waals surface area contributed by atoms with Crippen LogP contribution in [0.3, 0.4) is 0 Å². The molecule has 166 valence electrons. The van der Waals surface area contributed by atoms with Crippen molar-refractivity contribution in [1.82, 2.24) is 0 Å². The second kappa shape index (κ2) is 15.0. The third-order valence-electron chi connectivity index (χ3n) is 5.19. The average Bonchev–Trinajstić information content (AvgIpc) is 2.78. The lowest BCUT2D eigenvalue weighted by Gasteiger charge is -2.07. The number of benzene rings is 2. The lowest BCUT2D eigenvalue weighted by molar-refractivity contribution is -0.136. The molecule has 0 radical (unpaired) electrons. The summed E-state index contributed by atoms with van der Waals surface area (Å²) in [5.74, 6) is 6.65. The molecular formula is C27H35NO3. The zero-order chi connectivity index (χ0) is 22.2. The van der Waals surface area contributed by atoms with E-state index in [9.17, 15) is 4.79 Å². The van der Waals surface area contributed by atoms with Crippen LogP contribution in [0.2, 0.25) is 0 Å². The summed E-state index contributed by atoms with van der Waals surface area (Å²) in [6.07, 6.45) is 10.6. The summed E-state index contributed by atoms with van der Waals surface area (Å²) < 4.78 is 5.16. The number of anilines is 1. The molecule has 2 aromatic rings. The number of carboxylic acid groups (broad SMARTS) is 1. The van der Waals surface area contributed by atoms with Crippen molar-refractivity contribution in [2.75, 3.05) is 19.0 Å². The fourth-order valence-corrected chi connectivity index (χ4v) is 3.37. The Labute approximate surface area is 187 Å². The molecule has 0 aliphatic heterocycles. The minimum atomic E-state index is -0.793. The zero-order valence-corrected chi connectivity index (χ0v) is 18.7. The number of hydrogen-bond donors (Lipinski definition) is 2. The van der Waals surface area contributed by atoms with E-state index in [-0.39, 0.29) is 6.42 Å². The van der Waals surface area contributed by atoms with Crippen molar-refractivity contribution >= 4 is 11.7 Å². The summed E-state index contributed by atoms with van der Waals surface area (Å²) in [7, 11) is 1.68. The van der Waals surface area contributed by atoms with Crippen LogP contribution in [0.15, 0.2) is 48.5 Å². The van der Waals surface area contributed by atoms with Crippen molar-refractivity contribution in [3.05, 3.63) is 59.7 Å². The summed E-state index contributed by atoms with van der Waals surface area (Å²) in [4.78, 5) is 10.7. The fraction of sp³-hybridized carbons (Fsp3) is 0.444. The van der Waals surface area contributed by atoms with E-state index in [0.717, 1.165) is 42.8 Å². The van der Waals surface area contributed by atoms with E-state index in [1.807, 2.05) is 36.4 Å². The molecule has 0 unspecified atom stereocenters. The van der Waals surface area contributed by atoms with Gasteiger partial charge in [0.25, 0.3) is 0 Å². The summed E-state index contributed by atoms with van der Waals surface area (Å²) in [5.41, 5.74) is 3.13. The molecule has 4 nitrogen and oxygen atoms in total. The molecule has 2 N–H and O–H groups in total. The van der Waals surface area contributed by atoms with Crippen LogP contribution >= 0.6 is 0 Å². The first-order valence-corrected chi connectivity index (χ1v) is 11.3. The molecule has 2 aromatic carbocycles. The van der Waals surface area contributed by atoms with Gasteiger partial charge in [-0.1, -0.05) is 62.3 Å². The molecule has 0 saturated carbocycles. The molecule has 31 heavy (non-hydrogen) atoms. The highest BCUT2D eigenvalue weighted by atomic mass is 16.5. The molecule has 0 aliphatic rings. The highest BCUT2D eigenvalue weighted by Crippen LogP contribution is 2.13. The first-order valence-electron chi connectivity index (χ1n) is 11.3. The summed E-state index contributed by atoms with van der Waals surface area (Å²) in [6, 6.07) is 15.8. The topological polar surface area (TPSA) is 58.6 Å². The van der Waals surface area contributed by atoms with Gasteiger partial charge in [-0.05, 0) is 48.2 Å². The number of hydrogen-bond acceptors (Lipinski definition) is 3. The largest absolute Gasteiger partial charge is 0.497 e. The van der Waals surface area contributed by atoms with Gasteiger partial charge < -0.3 is 15.2 Å². The standard InChI is InChI=1S/C27H35NO3/c1-31-26-19-15-23(16-20-26)12-10-8-6-4-2-3-5-7-9-11-21-28-25-17-13-24(14-18-25)22-27(29)30/h13-20,28H,2-7,9,11-12,21-22H2,1H3,(H,29,30). The second-order valence-corrected chi connectivity index (χ2v) is 7.80. The van der Waals surface area contributed by atoms with Gasteiger partial charge in [0.1, 0.15) is 5.75 Å². The van der Waals surface area contributed by atoms with Gasteiger partial charge in [0.05, 0.1) is 13.5 Å². The Morgan fingerprint density at radius 2 is 1.45 bits per heavy atom. The van der Waals surface area contributed by atoms with Gasteiger partial charge in [-0.2, -0.15) is 0 Å². The molecule has 0 fully saturated rings. The predicted octanol–water partition coefficient (Wildman–Crippen LogP) is 6.10. The van der Waals surface area contributed by atoms with Crippen molar-refractivity contribution < 1.29 is 14.6 Å². The molecule has 0 atom stereocenters. The Hall–Kier alpha value is -2.93. The summed E-state index contributed by atoms with van der Waals surface area (Å²) in [6.45, 7) is 0.960. The summed E-state index contributed by atoms with van der Waals surface area (Å²) >= 11 is 0. The van der Waals surface area contributed by atoms with Gasteiger partial charge >= 0.3 is 5.97 Å². The Bertz CT molecular complexity index is 816. The maximum absolute atomic E-state index is 10.7. The van der Waals surface area contributed by atoms with Crippen molar-refractivity contribution in [1.29, 1.82) is 0 Å². The maximum Gasteiger partial charge on any atom is 0.307 e. The van der Waals surface area contributed by atoms with Crippen LogP contribution in [0.5, 0.6) is 5.75 Å². The number of ether oxygens (including phenoxy) is 1. The zero-order valence-electron chi connectivity index (χ0n) is 18.7. The molecule has 2 rings (SSSR count). The van der Waals surface area contributed by atoms with E-state index in [4.69, 9.17) is 9.84 Å². The molecule has 0 aromatic heterocycles. The number of nitrogens with one attached hydrogen (secondary N) is 1. The quantitative estimate of drug-likeness (QED) is 0.286. The van der Waals surface area contributed by atoms with Gasteiger partial charge in [0, 0.05) is 25.1 Å². The van der Waals surface area contributed by atoms with Crippen LogP contribution < -0.4 is 10.1 Å². The van der Waals surface area contributed by atoms with Crippen LogP contribution in [-0.2, 0) is 17.6 Å². The first kappa shape index (κ1) is 24.3. The second-order valence-electron chi connectivity index (χ2n) is 7.80. The Morgan fingerprint density at radius 1 is 0.839 bits per heavy atom. The average molecular weight is 422 g/mol. The Morgan fingerprint density at radius 3 is 2.10 bits per heavy atom.